The summed E-state index contributed by atoms with van der Waals surface area (Å²) in [6, 6.07) is 0. The molecule has 5 rings (SSSR count). The molecule has 8 unspecified atom stereocenters. The highest BCUT2D eigenvalue weighted by atomic mass is 16.7. The molecule has 1 saturated heterocycles. The predicted octanol–water partition coefficient (Wildman–Crippen LogP) is 4.52. The maximum atomic E-state index is 12.8. The van der Waals surface area contributed by atoms with Gasteiger partial charge in [-0.1, -0.05) is 26.2 Å². The highest BCUT2D eigenvalue weighted by Gasteiger charge is 2.43. The van der Waals surface area contributed by atoms with Crippen LogP contribution in [0, 0.1) is 41.4 Å². The second kappa shape index (κ2) is 8.90. The summed E-state index contributed by atoms with van der Waals surface area (Å²) in [5.74, 6) is 3.06. The van der Waals surface area contributed by atoms with Gasteiger partial charge in [-0.3, -0.25) is 9.59 Å². The summed E-state index contributed by atoms with van der Waals surface area (Å²) in [5.41, 5.74) is 0. The predicted molar refractivity (Wildman–Crippen MR) is 111 cm³/mol. The smallest absolute Gasteiger partial charge is 0.309 e. The van der Waals surface area contributed by atoms with Gasteiger partial charge in [-0.25, -0.2) is 0 Å². The summed E-state index contributed by atoms with van der Waals surface area (Å²) in [5, 5.41) is 0. The summed E-state index contributed by atoms with van der Waals surface area (Å²) >= 11 is 0. The average molecular weight is 419 g/mol. The van der Waals surface area contributed by atoms with Crippen LogP contribution in [0.25, 0.3) is 0 Å². The summed E-state index contributed by atoms with van der Waals surface area (Å²) < 4.78 is 18.0. The number of rotatable bonds is 4. The van der Waals surface area contributed by atoms with E-state index in [1.54, 1.807) is 0 Å². The molecule has 168 valence electrons. The molecule has 5 heteroatoms. The van der Waals surface area contributed by atoms with Gasteiger partial charge in [0.2, 0.25) is 0 Å². The fourth-order valence-corrected chi connectivity index (χ4v) is 7.35. The Bertz CT molecular complexity index is 633. The molecule has 4 aliphatic carbocycles. The van der Waals surface area contributed by atoms with Gasteiger partial charge < -0.3 is 14.2 Å². The molecule has 0 radical (unpaired) electrons. The van der Waals surface area contributed by atoms with Crippen molar-refractivity contribution in [1.29, 1.82) is 0 Å². The Kier molecular flexibility index (Phi) is 6.21. The SMILES string of the molecule is CC1CC2CC(C(=O)OCC3CCOC(C4CC5CCCC(C5)C4)O3)CC(C2)C1=O. The average Bonchev–Trinajstić information content (AvgIpc) is 2.75. The van der Waals surface area contributed by atoms with Crippen LogP contribution in [0.15, 0.2) is 0 Å². The van der Waals surface area contributed by atoms with E-state index in [0.29, 0.717) is 37.3 Å². The number of carbonyl (C=O) groups excluding carboxylic acids is 2. The van der Waals surface area contributed by atoms with Crippen LogP contribution in [-0.4, -0.2) is 37.4 Å². The quantitative estimate of drug-likeness (QED) is 0.628. The minimum Gasteiger partial charge on any atom is -0.463 e. The number of carbonyl (C=O) groups is 2. The first-order valence-corrected chi connectivity index (χ1v) is 12.5. The number of esters is 1. The molecule has 1 aliphatic heterocycles. The van der Waals surface area contributed by atoms with Crippen LogP contribution in [-0.2, 0) is 23.8 Å². The standard InChI is InChI=1S/C25H38O5/c1-15-7-18-11-19(23(15)26)13-20(12-18)24(27)29-14-22-5-6-28-25(30-22)21-9-16-3-2-4-17(8-16)10-21/h15-22,25H,2-14H2,1H3. The van der Waals surface area contributed by atoms with E-state index < -0.39 is 0 Å². The van der Waals surface area contributed by atoms with Crippen LogP contribution in [0.5, 0.6) is 0 Å². The topological polar surface area (TPSA) is 61.8 Å². The van der Waals surface area contributed by atoms with E-state index in [1.807, 2.05) is 6.92 Å². The summed E-state index contributed by atoms with van der Waals surface area (Å²) in [4.78, 5) is 25.1. The Morgan fingerprint density at radius 2 is 1.77 bits per heavy atom. The zero-order chi connectivity index (χ0) is 20.7. The van der Waals surface area contributed by atoms with Crippen molar-refractivity contribution in [3.63, 3.8) is 0 Å². The lowest BCUT2D eigenvalue weighted by molar-refractivity contribution is -0.251. The van der Waals surface area contributed by atoms with Gasteiger partial charge in [0, 0.05) is 24.2 Å². The number of Topliss-reactive ketones (excluding diaryl/α,β-unsaturated/α-hetero) is 1. The van der Waals surface area contributed by atoms with E-state index in [1.165, 1.54) is 38.5 Å². The van der Waals surface area contributed by atoms with E-state index >= 15 is 0 Å². The van der Waals surface area contributed by atoms with Crippen molar-refractivity contribution in [3.05, 3.63) is 0 Å². The Morgan fingerprint density at radius 3 is 2.57 bits per heavy atom. The molecule has 5 aliphatic rings. The molecular formula is C25H38O5. The molecule has 0 N–H and O–H groups in total. The Balaban J connectivity index is 1.10. The van der Waals surface area contributed by atoms with Crippen molar-refractivity contribution in [2.24, 2.45) is 41.4 Å². The molecule has 8 atom stereocenters. The van der Waals surface area contributed by atoms with Gasteiger partial charge in [0.15, 0.2) is 6.29 Å². The lowest BCUT2D eigenvalue weighted by atomic mass is 9.64. The molecular weight excluding hydrogens is 380 g/mol. The fourth-order valence-electron chi connectivity index (χ4n) is 7.35. The third kappa shape index (κ3) is 4.48. The lowest BCUT2D eigenvalue weighted by Crippen LogP contribution is -2.43. The van der Waals surface area contributed by atoms with Crippen LogP contribution in [0.4, 0.5) is 0 Å². The van der Waals surface area contributed by atoms with Gasteiger partial charge >= 0.3 is 5.97 Å². The fraction of sp³-hybridized carbons (Fsp3) is 0.920. The van der Waals surface area contributed by atoms with Gasteiger partial charge in [0.25, 0.3) is 0 Å². The van der Waals surface area contributed by atoms with E-state index in [9.17, 15) is 9.59 Å². The zero-order valence-corrected chi connectivity index (χ0v) is 18.4. The Labute approximate surface area is 180 Å². The molecule has 0 aromatic heterocycles. The molecule has 1 heterocycles. The van der Waals surface area contributed by atoms with Gasteiger partial charge in [0.1, 0.15) is 12.4 Å². The highest BCUT2D eigenvalue weighted by molar-refractivity contribution is 5.85. The van der Waals surface area contributed by atoms with Gasteiger partial charge in [0.05, 0.1) is 18.6 Å². The molecule has 0 spiro atoms. The van der Waals surface area contributed by atoms with E-state index in [-0.39, 0.29) is 36.1 Å². The minimum absolute atomic E-state index is 0.0563. The van der Waals surface area contributed by atoms with Crippen LogP contribution in [0.2, 0.25) is 0 Å². The van der Waals surface area contributed by atoms with Crippen molar-refractivity contribution in [1.82, 2.24) is 0 Å². The third-order valence-electron chi connectivity index (χ3n) is 8.72. The Morgan fingerprint density at radius 1 is 0.967 bits per heavy atom. The number of hydrogen-bond donors (Lipinski definition) is 0. The van der Waals surface area contributed by atoms with Gasteiger partial charge in [-0.15, -0.1) is 0 Å². The lowest BCUT2D eigenvalue weighted by Gasteiger charge is -2.43. The van der Waals surface area contributed by atoms with Crippen molar-refractivity contribution >= 4 is 11.8 Å². The Hall–Kier alpha value is -0.940. The van der Waals surface area contributed by atoms with Crippen molar-refractivity contribution in [3.8, 4) is 0 Å². The number of ether oxygens (including phenoxy) is 3. The normalized spacial score (nSPS) is 46.3. The monoisotopic (exact) mass is 418 g/mol. The van der Waals surface area contributed by atoms with Gasteiger partial charge in [-0.05, 0) is 62.7 Å². The van der Waals surface area contributed by atoms with Crippen LogP contribution in [0.1, 0.15) is 77.6 Å². The minimum atomic E-state index is -0.126. The second-order valence-corrected chi connectivity index (χ2v) is 11.1. The van der Waals surface area contributed by atoms with Crippen molar-refractivity contribution in [2.45, 2.75) is 89.9 Å². The summed E-state index contributed by atoms with van der Waals surface area (Å²) in [7, 11) is 0. The first-order valence-electron chi connectivity index (χ1n) is 12.5. The summed E-state index contributed by atoms with van der Waals surface area (Å²) in [6.07, 6.45) is 12.1. The van der Waals surface area contributed by atoms with E-state index in [4.69, 9.17) is 14.2 Å². The van der Waals surface area contributed by atoms with E-state index in [2.05, 4.69) is 0 Å². The molecule has 4 saturated carbocycles. The summed E-state index contributed by atoms with van der Waals surface area (Å²) in [6.45, 7) is 3.06. The van der Waals surface area contributed by atoms with Crippen LogP contribution < -0.4 is 0 Å². The largest absolute Gasteiger partial charge is 0.463 e. The second-order valence-electron chi connectivity index (χ2n) is 11.1. The van der Waals surface area contributed by atoms with Crippen LogP contribution in [0.3, 0.4) is 0 Å². The molecule has 5 nitrogen and oxygen atoms in total. The molecule has 0 aromatic rings. The van der Waals surface area contributed by atoms with Crippen molar-refractivity contribution < 1.29 is 23.8 Å². The molecule has 30 heavy (non-hydrogen) atoms. The number of fused-ring (bicyclic) bond motifs is 4. The maximum Gasteiger partial charge on any atom is 0.309 e. The van der Waals surface area contributed by atoms with E-state index in [0.717, 1.165) is 37.5 Å². The molecule has 5 fully saturated rings. The molecule has 4 bridgehead atoms. The maximum absolute atomic E-state index is 12.8. The third-order valence-corrected chi connectivity index (χ3v) is 8.72. The first kappa shape index (κ1) is 20.9. The first-order chi connectivity index (χ1) is 14.5. The number of hydrogen-bond acceptors (Lipinski definition) is 5. The van der Waals surface area contributed by atoms with Crippen molar-refractivity contribution in [2.75, 3.05) is 13.2 Å². The molecule has 0 aromatic carbocycles. The highest BCUT2D eigenvalue weighted by Crippen LogP contribution is 2.45. The number of ketones is 1. The zero-order valence-electron chi connectivity index (χ0n) is 18.4. The van der Waals surface area contributed by atoms with Crippen LogP contribution >= 0.6 is 0 Å². The molecule has 0 amide bonds. The van der Waals surface area contributed by atoms with Gasteiger partial charge in [-0.2, -0.15) is 0 Å².